The van der Waals surface area contributed by atoms with Crippen LogP contribution in [0.3, 0.4) is 0 Å². The second-order valence-electron chi connectivity index (χ2n) is 7.55. The third kappa shape index (κ3) is 7.96. The molecule has 0 aromatic heterocycles. The first-order chi connectivity index (χ1) is 15.7. The Kier molecular flexibility index (Phi) is 9.98. The van der Waals surface area contributed by atoms with Gasteiger partial charge in [0, 0.05) is 45.8 Å². The van der Waals surface area contributed by atoms with Crippen molar-refractivity contribution in [3.05, 3.63) is 71.8 Å². The number of benzene rings is 2. The molecule has 1 atom stereocenters. The van der Waals surface area contributed by atoms with Crippen LogP contribution in [0.5, 0.6) is 0 Å². The Hall–Kier alpha value is -2.94. The van der Waals surface area contributed by atoms with Crippen LogP contribution >= 0.6 is 0 Å². The minimum absolute atomic E-state index is 0.146. The van der Waals surface area contributed by atoms with Crippen LogP contribution in [0.1, 0.15) is 11.1 Å². The van der Waals surface area contributed by atoms with Crippen LogP contribution in [0.25, 0.3) is 0 Å². The fourth-order valence-corrected chi connectivity index (χ4v) is 3.36. The molecular weight excluding hydrogens is 408 g/mol. The van der Waals surface area contributed by atoms with Crippen LogP contribution in [0.4, 0.5) is 4.79 Å². The van der Waals surface area contributed by atoms with Gasteiger partial charge in [-0.15, -0.1) is 0 Å². The molecule has 1 unspecified atom stereocenters. The van der Waals surface area contributed by atoms with E-state index in [0.29, 0.717) is 19.6 Å². The summed E-state index contributed by atoms with van der Waals surface area (Å²) in [6, 6.07) is 18.2. The molecule has 8 heteroatoms. The Morgan fingerprint density at radius 3 is 1.91 bits per heavy atom. The van der Waals surface area contributed by atoms with Crippen molar-refractivity contribution in [3.8, 4) is 0 Å². The van der Waals surface area contributed by atoms with Crippen molar-refractivity contribution >= 4 is 12.1 Å². The van der Waals surface area contributed by atoms with Gasteiger partial charge in [-0.2, -0.15) is 0 Å². The summed E-state index contributed by atoms with van der Waals surface area (Å²) in [5.41, 5.74) is 1.78. The maximum atomic E-state index is 13.0. The van der Waals surface area contributed by atoms with Gasteiger partial charge in [0.1, 0.15) is 19.3 Å². The van der Waals surface area contributed by atoms with Crippen LogP contribution in [0, 0.1) is 0 Å². The van der Waals surface area contributed by atoms with Gasteiger partial charge >= 0.3 is 12.1 Å². The minimum Gasteiger partial charge on any atom is -0.459 e. The summed E-state index contributed by atoms with van der Waals surface area (Å²) in [6.45, 7) is 4.52. The van der Waals surface area contributed by atoms with Crippen molar-refractivity contribution < 1.29 is 19.1 Å². The number of hydrogen-bond acceptors (Lipinski definition) is 7. The Labute approximate surface area is 189 Å². The number of hydrogen-bond donors (Lipinski definition) is 3. The van der Waals surface area contributed by atoms with Gasteiger partial charge in [-0.3, -0.25) is 4.90 Å². The van der Waals surface area contributed by atoms with Crippen molar-refractivity contribution in [1.82, 2.24) is 20.9 Å². The lowest BCUT2D eigenvalue weighted by Crippen LogP contribution is -2.54. The van der Waals surface area contributed by atoms with E-state index < -0.39 is 18.1 Å². The highest BCUT2D eigenvalue weighted by Crippen LogP contribution is 2.10. The van der Waals surface area contributed by atoms with Crippen LogP contribution in [-0.2, 0) is 27.5 Å². The van der Waals surface area contributed by atoms with Crippen molar-refractivity contribution in [3.63, 3.8) is 0 Å². The van der Waals surface area contributed by atoms with Crippen molar-refractivity contribution in [2.24, 2.45) is 0 Å². The van der Waals surface area contributed by atoms with Gasteiger partial charge in [0.25, 0.3) is 0 Å². The summed E-state index contributed by atoms with van der Waals surface area (Å²) in [5, 5.41) is 9.87. The fourth-order valence-electron chi connectivity index (χ4n) is 3.36. The molecule has 1 saturated heterocycles. The lowest BCUT2D eigenvalue weighted by atomic mass is 10.2. The van der Waals surface area contributed by atoms with Gasteiger partial charge in [0.2, 0.25) is 0 Å². The van der Waals surface area contributed by atoms with Gasteiger partial charge in [0.05, 0.1) is 0 Å². The second kappa shape index (κ2) is 13.5. The molecule has 0 spiro atoms. The number of nitrogens with zero attached hydrogens (tertiary/aromatic N) is 1. The van der Waals surface area contributed by atoms with Crippen LogP contribution in [0.2, 0.25) is 0 Å². The molecule has 3 N–H and O–H groups in total. The Bertz CT molecular complexity index is 750. The topological polar surface area (TPSA) is 91.9 Å². The van der Waals surface area contributed by atoms with Crippen molar-refractivity contribution in [1.29, 1.82) is 0 Å². The van der Waals surface area contributed by atoms with Gasteiger partial charge in [-0.1, -0.05) is 60.7 Å². The smallest absolute Gasteiger partial charge is 0.410 e. The zero-order valence-corrected chi connectivity index (χ0v) is 18.3. The standard InChI is InChI=1S/C24H32N4O4/c29-23(31-18-20-7-3-1-4-8-20)22-17-27-14-13-25-11-12-26-15-16-28(22)24(30)32-19-21-9-5-2-6-10-21/h1-10,22,25-27H,11-19H2. The van der Waals surface area contributed by atoms with Crippen molar-refractivity contribution in [2.75, 3.05) is 45.8 Å². The van der Waals surface area contributed by atoms with E-state index in [-0.39, 0.29) is 19.8 Å². The van der Waals surface area contributed by atoms with Gasteiger partial charge < -0.3 is 25.4 Å². The average Bonchev–Trinajstić information content (AvgIpc) is 2.82. The Balaban J connectivity index is 1.68. The monoisotopic (exact) mass is 440 g/mol. The molecule has 2 aromatic carbocycles. The first-order valence-electron chi connectivity index (χ1n) is 11.0. The number of rotatable bonds is 5. The largest absolute Gasteiger partial charge is 0.459 e. The first-order valence-corrected chi connectivity index (χ1v) is 11.0. The van der Waals surface area contributed by atoms with Gasteiger partial charge in [-0.05, 0) is 11.1 Å². The lowest BCUT2D eigenvalue weighted by Gasteiger charge is -2.30. The maximum Gasteiger partial charge on any atom is 0.410 e. The predicted octanol–water partition coefficient (Wildman–Crippen LogP) is 1.52. The van der Waals surface area contributed by atoms with E-state index in [1.165, 1.54) is 4.90 Å². The van der Waals surface area contributed by atoms with E-state index in [4.69, 9.17) is 9.47 Å². The van der Waals surface area contributed by atoms with E-state index in [1.54, 1.807) is 0 Å². The summed E-state index contributed by atoms with van der Waals surface area (Å²) in [7, 11) is 0. The molecule has 3 rings (SSSR count). The molecule has 172 valence electrons. The third-order valence-corrected chi connectivity index (χ3v) is 5.14. The van der Waals surface area contributed by atoms with Crippen LogP contribution in [0.15, 0.2) is 60.7 Å². The first kappa shape index (κ1) is 23.7. The highest BCUT2D eigenvalue weighted by atomic mass is 16.6. The minimum atomic E-state index is -0.789. The normalized spacial score (nSPS) is 18.1. The maximum absolute atomic E-state index is 13.0. The molecule has 0 radical (unpaired) electrons. The number of nitrogens with one attached hydrogen (secondary N) is 3. The zero-order valence-electron chi connectivity index (χ0n) is 18.3. The molecular formula is C24H32N4O4. The molecule has 0 saturated carbocycles. The Morgan fingerprint density at radius 1 is 0.750 bits per heavy atom. The molecule has 1 heterocycles. The van der Waals surface area contributed by atoms with Crippen LogP contribution in [-0.4, -0.2) is 68.8 Å². The molecule has 0 bridgehead atoms. The number of carbonyl (C=O) groups excluding carboxylic acids is 2. The highest BCUT2D eigenvalue weighted by Gasteiger charge is 2.32. The summed E-state index contributed by atoms with van der Waals surface area (Å²) in [4.78, 5) is 27.5. The van der Waals surface area contributed by atoms with E-state index in [9.17, 15) is 9.59 Å². The van der Waals surface area contributed by atoms with E-state index in [0.717, 1.165) is 30.8 Å². The molecule has 32 heavy (non-hydrogen) atoms. The molecule has 0 aliphatic carbocycles. The molecule has 1 aliphatic heterocycles. The molecule has 8 nitrogen and oxygen atoms in total. The zero-order chi connectivity index (χ0) is 22.4. The number of ether oxygens (including phenoxy) is 2. The summed E-state index contributed by atoms with van der Waals surface area (Å²) < 4.78 is 11.1. The third-order valence-electron chi connectivity index (χ3n) is 5.14. The number of esters is 1. The van der Waals surface area contributed by atoms with E-state index >= 15 is 0 Å². The summed E-state index contributed by atoms with van der Waals surface area (Å²) in [5.74, 6) is -0.456. The summed E-state index contributed by atoms with van der Waals surface area (Å²) in [6.07, 6.45) is -0.533. The lowest BCUT2D eigenvalue weighted by molar-refractivity contribution is -0.150. The van der Waals surface area contributed by atoms with E-state index in [1.807, 2.05) is 60.7 Å². The molecule has 1 aliphatic rings. The second-order valence-corrected chi connectivity index (χ2v) is 7.55. The fraction of sp³-hybridized carbons (Fsp3) is 0.417. The number of amides is 1. The SMILES string of the molecule is O=C(OCc1ccccc1)C1CNCCNCCNCCN1C(=O)OCc1ccccc1. The average molecular weight is 441 g/mol. The van der Waals surface area contributed by atoms with Crippen molar-refractivity contribution in [2.45, 2.75) is 19.3 Å². The summed E-state index contributed by atoms with van der Waals surface area (Å²) >= 11 is 0. The molecule has 1 fully saturated rings. The highest BCUT2D eigenvalue weighted by molar-refractivity contribution is 5.81. The van der Waals surface area contributed by atoms with Gasteiger partial charge in [-0.25, -0.2) is 9.59 Å². The van der Waals surface area contributed by atoms with Gasteiger partial charge in [0.15, 0.2) is 0 Å². The van der Waals surface area contributed by atoms with Crippen LogP contribution < -0.4 is 16.0 Å². The van der Waals surface area contributed by atoms with E-state index in [2.05, 4.69) is 16.0 Å². The number of carbonyl (C=O) groups is 2. The predicted molar refractivity (Wildman–Crippen MR) is 122 cm³/mol. The molecule has 2 aromatic rings. The quantitative estimate of drug-likeness (QED) is 0.607. The molecule has 1 amide bonds. The Morgan fingerprint density at radius 2 is 1.28 bits per heavy atom.